The quantitative estimate of drug-likeness (QED) is 0.650. The van der Waals surface area contributed by atoms with Gasteiger partial charge >= 0.3 is 6.03 Å². The highest BCUT2D eigenvalue weighted by atomic mass is 16.2. The molecule has 106 valence electrons. The maximum Gasteiger partial charge on any atom is 0.326 e. The number of hydrogen-bond acceptors (Lipinski definition) is 3. The van der Waals surface area contributed by atoms with E-state index in [9.17, 15) is 9.59 Å². The molecule has 0 atom stereocenters. The van der Waals surface area contributed by atoms with Gasteiger partial charge in [-0.2, -0.15) is 0 Å². The number of nitrogens with one attached hydrogen (secondary N) is 2. The molecular weight excluding hydrogens is 268 g/mol. The van der Waals surface area contributed by atoms with Gasteiger partial charge < -0.3 is 9.88 Å². The third-order valence-corrected chi connectivity index (χ3v) is 3.41. The maximum atomic E-state index is 11.6. The van der Waals surface area contributed by atoms with E-state index in [4.69, 9.17) is 0 Å². The predicted molar refractivity (Wildman–Crippen MR) is 77.7 cm³/mol. The molecule has 1 aliphatic heterocycles. The summed E-state index contributed by atoms with van der Waals surface area (Å²) in [6, 6.07) is 5.32. The van der Waals surface area contributed by atoms with Crippen LogP contribution in [0.2, 0.25) is 0 Å². The van der Waals surface area contributed by atoms with Crippen LogP contribution in [0.15, 0.2) is 36.3 Å². The lowest BCUT2D eigenvalue weighted by atomic mass is 10.2. The van der Waals surface area contributed by atoms with Crippen molar-refractivity contribution >= 4 is 18.0 Å². The van der Waals surface area contributed by atoms with Crippen LogP contribution >= 0.6 is 0 Å². The van der Waals surface area contributed by atoms with Crippen molar-refractivity contribution in [3.63, 3.8) is 0 Å². The summed E-state index contributed by atoms with van der Waals surface area (Å²) < 4.78 is 2.07. The van der Waals surface area contributed by atoms with Gasteiger partial charge in [0.05, 0.1) is 0 Å². The zero-order valence-electron chi connectivity index (χ0n) is 11.7. The number of carbonyl (C=O) groups is 2. The molecule has 6 heteroatoms. The SMILES string of the molecule is Cc1cc(/C=C2\NC(=O)NC2=O)c(C)n1-c1ccncc1. The first-order chi connectivity index (χ1) is 10.1. The maximum absolute atomic E-state index is 11.6. The molecule has 0 saturated carbocycles. The van der Waals surface area contributed by atoms with Crippen molar-refractivity contribution in [2.24, 2.45) is 0 Å². The van der Waals surface area contributed by atoms with E-state index < -0.39 is 11.9 Å². The number of aromatic nitrogens is 2. The minimum atomic E-state index is -0.491. The Morgan fingerprint density at radius 2 is 1.86 bits per heavy atom. The molecule has 0 radical (unpaired) electrons. The van der Waals surface area contributed by atoms with Crippen LogP contribution in [0.3, 0.4) is 0 Å². The van der Waals surface area contributed by atoms with Crippen LogP contribution in [0.5, 0.6) is 0 Å². The topological polar surface area (TPSA) is 76.0 Å². The minimum absolute atomic E-state index is 0.259. The van der Waals surface area contributed by atoms with Crippen LogP contribution < -0.4 is 10.6 Å². The molecule has 0 aliphatic carbocycles. The highest BCUT2D eigenvalue weighted by molar-refractivity contribution is 6.14. The molecule has 1 saturated heterocycles. The highest BCUT2D eigenvalue weighted by Crippen LogP contribution is 2.22. The molecule has 3 heterocycles. The van der Waals surface area contributed by atoms with E-state index in [0.29, 0.717) is 0 Å². The fourth-order valence-corrected chi connectivity index (χ4v) is 2.46. The Labute approximate surface area is 121 Å². The lowest BCUT2D eigenvalue weighted by molar-refractivity contribution is -0.115. The fraction of sp³-hybridized carbons (Fsp3) is 0.133. The highest BCUT2D eigenvalue weighted by Gasteiger charge is 2.23. The van der Waals surface area contributed by atoms with E-state index >= 15 is 0 Å². The molecule has 0 bridgehead atoms. The number of aryl methyl sites for hydroxylation is 1. The summed E-state index contributed by atoms with van der Waals surface area (Å²) in [5, 5.41) is 4.68. The van der Waals surface area contributed by atoms with Crippen molar-refractivity contribution < 1.29 is 9.59 Å². The first-order valence-corrected chi connectivity index (χ1v) is 6.49. The van der Waals surface area contributed by atoms with Crippen molar-refractivity contribution in [1.29, 1.82) is 0 Å². The summed E-state index contributed by atoms with van der Waals surface area (Å²) in [6.07, 6.45) is 5.15. The number of pyridine rings is 1. The molecule has 0 aromatic carbocycles. The van der Waals surface area contributed by atoms with E-state index in [1.165, 1.54) is 0 Å². The van der Waals surface area contributed by atoms with Gasteiger partial charge in [0.15, 0.2) is 0 Å². The average molecular weight is 282 g/mol. The number of urea groups is 1. The second kappa shape index (κ2) is 4.90. The second-order valence-corrected chi connectivity index (χ2v) is 4.83. The largest absolute Gasteiger partial charge is 0.326 e. The van der Waals surface area contributed by atoms with Gasteiger partial charge in [-0.15, -0.1) is 0 Å². The van der Waals surface area contributed by atoms with E-state index in [-0.39, 0.29) is 5.70 Å². The lowest BCUT2D eigenvalue weighted by Crippen LogP contribution is -2.22. The molecule has 3 amide bonds. The zero-order valence-corrected chi connectivity index (χ0v) is 11.7. The van der Waals surface area contributed by atoms with Gasteiger partial charge in [-0.25, -0.2) is 4.79 Å². The number of carbonyl (C=O) groups excluding carboxylic acids is 2. The minimum Gasteiger partial charge on any atom is -0.318 e. The number of amides is 3. The summed E-state index contributed by atoms with van der Waals surface area (Å²) >= 11 is 0. The van der Waals surface area contributed by atoms with Crippen molar-refractivity contribution in [2.45, 2.75) is 13.8 Å². The Bertz CT molecular complexity index is 759. The smallest absolute Gasteiger partial charge is 0.318 e. The van der Waals surface area contributed by atoms with Gasteiger partial charge in [-0.1, -0.05) is 0 Å². The van der Waals surface area contributed by atoms with Gasteiger partial charge in [0.1, 0.15) is 5.70 Å². The molecule has 21 heavy (non-hydrogen) atoms. The molecule has 0 spiro atoms. The molecule has 3 rings (SSSR count). The third kappa shape index (κ3) is 2.31. The zero-order chi connectivity index (χ0) is 15.0. The first-order valence-electron chi connectivity index (χ1n) is 6.49. The van der Waals surface area contributed by atoms with Crippen molar-refractivity contribution in [3.8, 4) is 5.69 Å². The van der Waals surface area contributed by atoms with Gasteiger partial charge in [0.2, 0.25) is 0 Å². The Kier molecular flexibility index (Phi) is 3.06. The van der Waals surface area contributed by atoms with Crippen LogP contribution in [0.4, 0.5) is 4.79 Å². The Hall–Kier alpha value is -2.89. The number of rotatable bonds is 2. The van der Waals surface area contributed by atoms with Crippen LogP contribution in [0.25, 0.3) is 11.8 Å². The van der Waals surface area contributed by atoms with Gasteiger partial charge in [0, 0.05) is 29.5 Å². The van der Waals surface area contributed by atoms with Gasteiger partial charge in [-0.3, -0.25) is 15.1 Å². The third-order valence-electron chi connectivity index (χ3n) is 3.41. The van der Waals surface area contributed by atoms with E-state index in [0.717, 1.165) is 22.6 Å². The number of nitrogens with zero attached hydrogens (tertiary/aromatic N) is 2. The van der Waals surface area contributed by atoms with Crippen molar-refractivity contribution in [3.05, 3.63) is 53.2 Å². The lowest BCUT2D eigenvalue weighted by Gasteiger charge is -2.08. The molecule has 2 aromatic heterocycles. The molecule has 1 aliphatic rings. The summed E-state index contributed by atoms with van der Waals surface area (Å²) in [5.41, 5.74) is 4.17. The Morgan fingerprint density at radius 1 is 1.14 bits per heavy atom. The fourth-order valence-electron chi connectivity index (χ4n) is 2.46. The van der Waals surface area contributed by atoms with Crippen LogP contribution in [-0.4, -0.2) is 21.5 Å². The molecule has 0 unspecified atom stereocenters. The van der Waals surface area contributed by atoms with Crippen LogP contribution in [0.1, 0.15) is 17.0 Å². The van der Waals surface area contributed by atoms with Crippen molar-refractivity contribution in [1.82, 2.24) is 20.2 Å². The average Bonchev–Trinajstić information content (AvgIpc) is 2.91. The molecule has 1 fully saturated rings. The monoisotopic (exact) mass is 282 g/mol. The number of hydrogen-bond donors (Lipinski definition) is 2. The van der Waals surface area contributed by atoms with E-state index in [2.05, 4.69) is 20.2 Å². The van der Waals surface area contributed by atoms with Crippen LogP contribution in [-0.2, 0) is 4.79 Å². The molecule has 6 nitrogen and oxygen atoms in total. The van der Waals surface area contributed by atoms with E-state index in [1.807, 2.05) is 32.0 Å². The Morgan fingerprint density at radius 3 is 2.48 bits per heavy atom. The number of imide groups is 1. The van der Waals surface area contributed by atoms with Gasteiger partial charge in [-0.05, 0) is 43.7 Å². The summed E-state index contributed by atoms with van der Waals surface area (Å²) in [6.45, 7) is 3.96. The van der Waals surface area contributed by atoms with Crippen molar-refractivity contribution in [2.75, 3.05) is 0 Å². The summed E-state index contributed by atoms with van der Waals surface area (Å²) in [7, 11) is 0. The molecule has 2 aromatic rings. The molecule has 2 N–H and O–H groups in total. The van der Waals surface area contributed by atoms with E-state index in [1.54, 1.807) is 18.5 Å². The summed E-state index contributed by atoms with van der Waals surface area (Å²) in [5.74, 6) is -0.409. The predicted octanol–water partition coefficient (Wildman–Crippen LogP) is 1.67. The normalized spacial score (nSPS) is 16.2. The first kappa shape index (κ1) is 13.1. The standard InChI is InChI=1S/C15H14N4O2/c1-9-7-11(8-13-14(20)18-15(21)17-13)10(2)19(9)12-3-5-16-6-4-12/h3-8H,1-2H3,(H2,17,18,20,21)/b13-8-. The second-order valence-electron chi connectivity index (χ2n) is 4.83. The van der Waals surface area contributed by atoms with Gasteiger partial charge in [0.25, 0.3) is 5.91 Å². The van der Waals surface area contributed by atoms with Crippen LogP contribution in [0, 0.1) is 13.8 Å². The Balaban J connectivity index is 2.05. The molecular formula is C15H14N4O2. The summed E-state index contributed by atoms with van der Waals surface area (Å²) in [4.78, 5) is 26.7.